The summed E-state index contributed by atoms with van der Waals surface area (Å²) in [7, 11) is 0. The van der Waals surface area contributed by atoms with Crippen LogP contribution in [0.25, 0.3) is 0 Å². The van der Waals surface area contributed by atoms with Crippen molar-refractivity contribution in [3.8, 4) is 0 Å². The minimum Gasteiger partial charge on any atom is -0.455 e. The van der Waals surface area contributed by atoms with Gasteiger partial charge in [-0.2, -0.15) is 0 Å². The van der Waals surface area contributed by atoms with Crippen LogP contribution < -0.4 is 5.32 Å². The third kappa shape index (κ3) is 6.19. The number of ether oxygens (including phenoxy) is 2. The second-order valence-corrected chi connectivity index (χ2v) is 12.3. The van der Waals surface area contributed by atoms with Crippen molar-refractivity contribution in [2.45, 2.75) is 88.7 Å². The van der Waals surface area contributed by atoms with Crippen LogP contribution in [-0.4, -0.2) is 88.6 Å². The molecule has 44 heavy (non-hydrogen) atoms. The van der Waals surface area contributed by atoms with Gasteiger partial charge >= 0.3 is 5.97 Å². The van der Waals surface area contributed by atoms with Crippen molar-refractivity contribution in [1.29, 1.82) is 0 Å². The maximum Gasteiger partial charge on any atom is 0.313 e. The molecule has 2 fully saturated rings. The van der Waals surface area contributed by atoms with Crippen LogP contribution in [-0.2, 0) is 28.7 Å². The van der Waals surface area contributed by atoms with Gasteiger partial charge in [-0.15, -0.1) is 0 Å². The van der Waals surface area contributed by atoms with Gasteiger partial charge in [0.15, 0.2) is 0 Å². The molecule has 7 atom stereocenters. The van der Waals surface area contributed by atoms with Gasteiger partial charge < -0.3 is 29.7 Å². The molecule has 1 aromatic carbocycles. The molecule has 1 aromatic rings. The highest BCUT2D eigenvalue weighted by Gasteiger charge is 2.71. The first-order chi connectivity index (χ1) is 21.3. The Labute approximate surface area is 259 Å². The van der Waals surface area contributed by atoms with E-state index < -0.39 is 41.7 Å². The number of nitrogens with zero attached hydrogens (tertiary/aromatic N) is 2. The fraction of sp³-hybridized carbons (Fsp3) is 0.588. The Balaban J connectivity index is 1.55. The van der Waals surface area contributed by atoms with Crippen molar-refractivity contribution in [2.24, 2.45) is 11.8 Å². The molecule has 0 saturated carbocycles. The summed E-state index contributed by atoms with van der Waals surface area (Å²) in [4.78, 5) is 59.0. The molecule has 10 nitrogen and oxygen atoms in total. The summed E-state index contributed by atoms with van der Waals surface area (Å²) in [6, 6.07) is 8.26. The van der Waals surface area contributed by atoms with Crippen LogP contribution in [0.1, 0.15) is 70.5 Å². The molecule has 10 heteroatoms. The van der Waals surface area contributed by atoms with Crippen LogP contribution in [0.4, 0.5) is 0 Å². The molecular formula is C34H45N3O7. The van der Waals surface area contributed by atoms with Gasteiger partial charge in [-0.3, -0.25) is 19.2 Å². The SMILES string of the molecule is CCCC(C)N1CC=C[C@@]23O[C@H]4/C=C\CCC(=O)NC[C@H](c5ccccc5)OC(=O)[C@H]4[C@@H]2C(=O)N(CCCCCO)[C@H]3C1=O. The lowest BCUT2D eigenvalue weighted by atomic mass is 9.77. The first kappa shape index (κ1) is 31.9. The lowest BCUT2D eigenvalue weighted by Crippen LogP contribution is -2.56. The van der Waals surface area contributed by atoms with Crippen LogP contribution in [0.3, 0.4) is 0 Å². The number of nitrogens with one attached hydrogen (secondary N) is 1. The second-order valence-electron chi connectivity index (χ2n) is 12.3. The number of hydrogen-bond acceptors (Lipinski definition) is 7. The first-order valence-corrected chi connectivity index (χ1v) is 16.1. The number of fused-ring (bicyclic) bond motifs is 2. The molecule has 238 valence electrons. The van der Waals surface area contributed by atoms with Gasteiger partial charge in [0.25, 0.3) is 0 Å². The van der Waals surface area contributed by atoms with Gasteiger partial charge in [-0.25, -0.2) is 0 Å². The van der Waals surface area contributed by atoms with E-state index in [2.05, 4.69) is 12.2 Å². The number of esters is 1. The van der Waals surface area contributed by atoms with E-state index in [1.807, 2.05) is 60.4 Å². The lowest BCUT2D eigenvalue weighted by molar-refractivity contribution is -0.160. The number of carbonyl (C=O) groups excluding carboxylic acids is 4. The van der Waals surface area contributed by atoms with E-state index >= 15 is 0 Å². The highest BCUT2D eigenvalue weighted by Crippen LogP contribution is 2.53. The number of unbranched alkanes of at least 4 members (excludes halogenated alkanes) is 2. The molecule has 0 bridgehead atoms. The number of likely N-dealkylation sites (tertiary alicyclic amines) is 1. The van der Waals surface area contributed by atoms with Crippen molar-refractivity contribution in [3.63, 3.8) is 0 Å². The highest BCUT2D eigenvalue weighted by atomic mass is 16.6. The number of rotatable bonds is 9. The predicted octanol–water partition coefficient (Wildman–Crippen LogP) is 3.07. The minimum atomic E-state index is -1.35. The second kappa shape index (κ2) is 14.1. The number of aliphatic hydroxyl groups is 1. The molecule has 1 unspecified atom stereocenters. The summed E-state index contributed by atoms with van der Waals surface area (Å²) in [5, 5.41) is 12.2. The molecule has 4 aliphatic heterocycles. The van der Waals surface area contributed by atoms with Crippen molar-refractivity contribution in [3.05, 3.63) is 60.2 Å². The number of benzene rings is 1. The summed E-state index contributed by atoms with van der Waals surface area (Å²) in [6.07, 6.45) is 10.1. The molecule has 4 heterocycles. The van der Waals surface area contributed by atoms with Crippen molar-refractivity contribution in [1.82, 2.24) is 15.1 Å². The molecule has 0 aromatic heterocycles. The smallest absolute Gasteiger partial charge is 0.313 e. The molecule has 3 amide bonds. The summed E-state index contributed by atoms with van der Waals surface area (Å²) in [5.74, 6) is -3.17. The number of amides is 3. The number of allylic oxidation sites excluding steroid dienone is 1. The zero-order chi connectivity index (χ0) is 31.3. The predicted molar refractivity (Wildman–Crippen MR) is 163 cm³/mol. The van der Waals surface area contributed by atoms with Crippen LogP contribution >= 0.6 is 0 Å². The Morgan fingerprint density at radius 1 is 1.07 bits per heavy atom. The number of hydrogen-bond donors (Lipinski definition) is 2. The lowest BCUT2D eigenvalue weighted by Gasteiger charge is -2.37. The van der Waals surface area contributed by atoms with E-state index in [9.17, 15) is 24.3 Å². The molecule has 2 N–H and O–H groups in total. The van der Waals surface area contributed by atoms with Gasteiger partial charge in [0, 0.05) is 32.2 Å². The topological polar surface area (TPSA) is 125 Å². The van der Waals surface area contributed by atoms with Crippen molar-refractivity contribution in [2.75, 3.05) is 26.2 Å². The summed E-state index contributed by atoms with van der Waals surface area (Å²) < 4.78 is 12.9. The van der Waals surface area contributed by atoms with E-state index in [4.69, 9.17) is 9.47 Å². The van der Waals surface area contributed by atoms with Gasteiger partial charge in [0.05, 0.1) is 18.6 Å². The van der Waals surface area contributed by atoms with Crippen LogP contribution in [0.5, 0.6) is 0 Å². The van der Waals surface area contributed by atoms with Crippen LogP contribution in [0.2, 0.25) is 0 Å². The zero-order valence-electron chi connectivity index (χ0n) is 25.7. The fourth-order valence-electron chi connectivity index (χ4n) is 7.20. The summed E-state index contributed by atoms with van der Waals surface area (Å²) in [5.41, 5.74) is -0.619. The average Bonchev–Trinajstić information content (AvgIpc) is 3.39. The van der Waals surface area contributed by atoms with Gasteiger partial charge in [-0.05, 0) is 44.6 Å². The van der Waals surface area contributed by atoms with Crippen molar-refractivity contribution >= 4 is 23.7 Å². The normalized spacial score (nSPS) is 32.0. The monoisotopic (exact) mass is 607 g/mol. The standard InChI is InChI=1S/C34H45N3O7/c1-3-13-23(2)36-20-12-18-34-29(31(40)37(30(34)32(36)41)19-10-5-11-21-38)28-25(44-34)16-8-9-17-27(39)35-22-26(43-33(28)42)24-14-6-4-7-15-24/h4,6-8,12,14-16,18,23,25-26,28-30,38H,3,5,9-11,13,17,19-22H2,1-2H3,(H,35,39)/b16-8-/t23?,25-,26+,28+,29+,30-,34+/m0/s1. The number of carbonyl (C=O) groups is 4. The highest BCUT2D eigenvalue weighted by molar-refractivity contribution is 5.99. The molecule has 0 aliphatic carbocycles. The number of aliphatic hydroxyl groups excluding tert-OH is 1. The van der Waals surface area contributed by atoms with E-state index in [0.29, 0.717) is 38.8 Å². The van der Waals surface area contributed by atoms with Crippen LogP contribution in [0, 0.1) is 11.8 Å². The summed E-state index contributed by atoms with van der Waals surface area (Å²) >= 11 is 0. The molecule has 1 spiro atoms. The summed E-state index contributed by atoms with van der Waals surface area (Å²) in [6.45, 7) is 4.97. The van der Waals surface area contributed by atoms with Gasteiger partial charge in [0.1, 0.15) is 23.7 Å². The van der Waals surface area contributed by atoms with Gasteiger partial charge in [0.2, 0.25) is 17.7 Å². The third-order valence-corrected chi connectivity index (χ3v) is 9.37. The van der Waals surface area contributed by atoms with Gasteiger partial charge in [-0.1, -0.05) is 68.0 Å². The van der Waals surface area contributed by atoms with Crippen LogP contribution in [0.15, 0.2) is 54.6 Å². The molecule has 5 rings (SSSR count). The quantitative estimate of drug-likeness (QED) is 0.251. The maximum atomic E-state index is 14.4. The fourth-order valence-corrected chi connectivity index (χ4v) is 7.20. The Morgan fingerprint density at radius 2 is 1.86 bits per heavy atom. The molecule has 2 saturated heterocycles. The molecule has 4 aliphatic rings. The third-order valence-electron chi connectivity index (χ3n) is 9.37. The van der Waals surface area contributed by atoms with E-state index in [0.717, 1.165) is 18.4 Å². The largest absolute Gasteiger partial charge is 0.455 e. The number of cyclic esters (lactones) is 1. The molecule has 0 radical (unpaired) electrons. The van der Waals surface area contributed by atoms with E-state index in [1.165, 1.54) is 0 Å². The Hall–Kier alpha value is -3.50. The van der Waals surface area contributed by atoms with Crippen molar-refractivity contribution < 1.29 is 33.8 Å². The minimum absolute atomic E-state index is 0.0335. The van der Waals surface area contributed by atoms with E-state index in [1.54, 1.807) is 11.0 Å². The molecular weight excluding hydrogens is 562 g/mol. The Bertz CT molecular complexity index is 1270. The van der Waals surface area contributed by atoms with E-state index in [-0.39, 0.29) is 43.3 Å². The maximum absolute atomic E-state index is 14.4. The zero-order valence-corrected chi connectivity index (χ0v) is 25.7. The Kier molecular flexibility index (Phi) is 10.2. The average molecular weight is 608 g/mol. The first-order valence-electron chi connectivity index (χ1n) is 16.1. The Morgan fingerprint density at radius 3 is 2.61 bits per heavy atom.